The van der Waals surface area contributed by atoms with Crippen molar-refractivity contribution in [1.82, 2.24) is 4.98 Å². The molecular weight excluding hydrogens is 465 g/mol. The third-order valence-corrected chi connectivity index (χ3v) is 4.59. The Labute approximate surface area is 184 Å². The van der Waals surface area contributed by atoms with Gasteiger partial charge in [0, 0.05) is 25.0 Å². The van der Waals surface area contributed by atoms with E-state index in [4.69, 9.17) is 10.5 Å². The van der Waals surface area contributed by atoms with Gasteiger partial charge >= 0.3 is 0 Å². The normalized spacial score (nSPS) is 19.8. The number of aliphatic imine (C=N–C) groups is 1. The van der Waals surface area contributed by atoms with E-state index in [0.29, 0.717) is 12.5 Å². The van der Waals surface area contributed by atoms with Crippen LogP contribution in [0, 0.1) is 0 Å². The highest BCUT2D eigenvalue weighted by molar-refractivity contribution is 14.0. The molecule has 0 radical (unpaired) electrons. The minimum absolute atomic E-state index is 0. The Morgan fingerprint density at radius 3 is 2.61 bits per heavy atom. The molecule has 7 heteroatoms. The second-order valence-electron chi connectivity index (χ2n) is 7.07. The van der Waals surface area contributed by atoms with E-state index in [2.05, 4.69) is 59.2 Å². The third-order valence-electron chi connectivity index (χ3n) is 4.59. The topological polar surface area (TPSA) is 75.8 Å². The fraction of sp³-hybridized carbons (Fsp3) is 0.429. The lowest BCUT2D eigenvalue weighted by Gasteiger charge is -2.36. The predicted octanol–water partition coefficient (Wildman–Crippen LogP) is 3.80. The monoisotopic (exact) mass is 495 g/mol. The van der Waals surface area contributed by atoms with Gasteiger partial charge in [-0.2, -0.15) is 0 Å². The van der Waals surface area contributed by atoms with Gasteiger partial charge in [0.1, 0.15) is 5.82 Å². The molecule has 0 amide bonds. The summed E-state index contributed by atoms with van der Waals surface area (Å²) in [5.41, 5.74) is 9.27. The van der Waals surface area contributed by atoms with Crippen LogP contribution in [0.2, 0.25) is 0 Å². The second kappa shape index (κ2) is 10.6. The lowest BCUT2D eigenvalue weighted by molar-refractivity contribution is -0.00545. The van der Waals surface area contributed by atoms with Crippen LogP contribution in [0.4, 0.5) is 11.5 Å². The first kappa shape index (κ1) is 22.4. The van der Waals surface area contributed by atoms with Crippen molar-refractivity contribution in [3.05, 3.63) is 53.7 Å². The molecule has 3 rings (SSSR count). The summed E-state index contributed by atoms with van der Waals surface area (Å²) in [5, 5.41) is 3.14. The number of rotatable bonds is 5. The summed E-state index contributed by atoms with van der Waals surface area (Å²) in [6.07, 6.45) is 3.30. The van der Waals surface area contributed by atoms with Gasteiger partial charge in [-0.25, -0.2) is 9.98 Å². The maximum Gasteiger partial charge on any atom is 0.193 e. The van der Waals surface area contributed by atoms with Crippen molar-refractivity contribution in [1.29, 1.82) is 0 Å². The van der Waals surface area contributed by atoms with Crippen molar-refractivity contribution in [2.45, 2.75) is 45.9 Å². The highest BCUT2D eigenvalue weighted by atomic mass is 127. The van der Waals surface area contributed by atoms with Crippen molar-refractivity contribution in [2.24, 2.45) is 10.7 Å². The average molecular weight is 495 g/mol. The molecule has 1 aliphatic rings. The number of morpholine rings is 1. The van der Waals surface area contributed by atoms with Gasteiger partial charge in [0.15, 0.2) is 5.96 Å². The van der Waals surface area contributed by atoms with Crippen LogP contribution in [-0.4, -0.2) is 36.2 Å². The van der Waals surface area contributed by atoms with E-state index in [1.165, 1.54) is 5.56 Å². The van der Waals surface area contributed by atoms with Crippen LogP contribution < -0.4 is 16.0 Å². The molecule has 3 N–H and O–H groups in total. The molecule has 0 saturated carbocycles. The smallest absolute Gasteiger partial charge is 0.193 e. The Morgan fingerprint density at radius 1 is 1.21 bits per heavy atom. The lowest BCUT2D eigenvalue weighted by atomic mass is 10.1. The van der Waals surface area contributed by atoms with E-state index in [0.717, 1.165) is 36.6 Å². The predicted molar refractivity (Wildman–Crippen MR) is 127 cm³/mol. The maximum absolute atomic E-state index is 6.02. The van der Waals surface area contributed by atoms with Gasteiger partial charge in [-0.15, -0.1) is 24.0 Å². The number of nitrogens with two attached hydrogens (primary N) is 1. The molecule has 28 heavy (non-hydrogen) atoms. The highest BCUT2D eigenvalue weighted by Crippen LogP contribution is 2.18. The first-order valence-corrected chi connectivity index (χ1v) is 9.54. The average Bonchev–Trinajstić information content (AvgIpc) is 2.66. The van der Waals surface area contributed by atoms with Crippen LogP contribution in [0.15, 0.2) is 47.6 Å². The summed E-state index contributed by atoms with van der Waals surface area (Å²) >= 11 is 0. The number of hydrogen-bond acceptors (Lipinski definition) is 4. The molecule has 0 aliphatic carbocycles. The van der Waals surface area contributed by atoms with Gasteiger partial charge in [0.05, 0.1) is 18.8 Å². The lowest BCUT2D eigenvalue weighted by Crippen LogP contribution is -2.45. The number of ether oxygens (including phenoxy) is 1. The molecule has 0 bridgehead atoms. The number of aromatic nitrogens is 1. The zero-order chi connectivity index (χ0) is 19.2. The zero-order valence-electron chi connectivity index (χ0n) is 16.8. The number of benzene rings is 1. The third kappa shape index (κ3) is 6.34. The SMILES string of the molecule is CCc1cccc(NC(N)=NCc2ccc(N3CC(C)OC(C)C3)nc2)c1.I. The Balaban J connectivity index is 0.00000280. The van der Waals surface area contributed by atoms with E-state index >= 15 is 0 Å². The number of halogens is 1. The number of hydrogen-bond donors (Lipinski definition) is 2. The summed E-state index contributed by atoms with van der Waals surface area (Å²) < 4.78 is 5.78. The van der Waals surface area contributed by atoms with Crippen molar-refractivity contribution in [2.75, 3.05) is 23.3 Å². The minimum atomic E-state index is 0. The molecule has 1 aromatic heterocycles. The largest absolute Gasteiger partial charge is 0.372 e. The number of nitrogens with zero attached hydrogens (tertiary/aromatic N) is 3. The van der Waals surface area contributed by atoms with E-state index in [9.17, 15) is 0 Å². The molecule has 1 aromatic carbocycles. The van der Waals surface area contributed by atoms with Crippen LogP contribution in [0.5, 0.6) is 0 Å². The number of pyridine rings is 1. The van der Waals surface area contributed by atoms with Crippen LogP contribution >= 0.6 is 24.0 Å². The molecule has 2 unspecified atom stereocenters. The number of aryl methyl sites for hydroxylation is 1. The van der Waals surface area contributed by atoms with Crippen LogP contribution in [0.1, 0.15) is 31.9 Å². The Hall–Kier alpha value is -1.87. The number of guanidine groups is 1. The first-order chi connectivity index (χ1) is 13.0. The Morgan fingerprint density at radius 2 is 1.96 bits per heavy atom. The van der Waals surface area contributed by atoms with Gasteiger partial charge in [0.25, 0.3) is 0 Å². The second-order valence-corrected chi connectivity index (χ2v) is 7.07. The summed E-state index contributed by atoms with van der Waals surface area (Å²) in [5.74, 6) is 1.38. The summed E-state index contributed by atoms with van der Waals surface area (Å²) in [4.78, 5) is 11.3. The molecular formula is C21H30IN5O. The first-order valence-electron chi connectivity index (χ1n) is 9.54. The van der Waals surface area contributed by atoms with E-state index in [-0.39, 0.29) is 36.2 Å². The summed E-state index contributed by atoms with van der Waals surface area (Å²) in [7, 11) is 0. The highest BCUT2D eigenvalue weighted by Gasteiger charge is 2.22. The van der Waals surface area contributed by atoms with E-state index < -0.39 is 0 Å². The summed E-state index contributed by atoms with van der Waals surface area (Å²) in [6.45, 7) is 8.54. The van der Waals surface area contributed by atoms with Gasteiger partial charge in [0.2, 0.25) is 0 Å². The van der Waals surface area contributed by atoms with Gasteiger partial charge in [-0.05, 0) is 49.6 Å². The molecule has 1 fully saturated rings. The molecule has 2 atom stereocenters. The maximum atomic E-state index is 6.02. The van der Waals surface area contributed by atoms with Gasteiger partial charge in [-0.1, -0.05) is 25.1 Å². The molecule has 0 spiro atoms. The molecule has 152 valence electrons. The van der Waals surface area contributed by atoms with Crippen molar-refractivity contribution < 1.29 is 4.74 Å². The fourth-order valence-corrected chi connectivity index (χ4v) is 3.30. The zero-order valence-corrected chi connectivity index (χ0v) is 19.1. The molecule has 2 heterocycles. The van der Waals surface area contributed by atoms with Gasteiger partial charge in [-0.3, -0.25) is 0 Å². The van der Waals surface area contributed by atoms with E-state index in [1.54, 1.807) is 0 Å². The Kier molecular flexibility index (Phi) is 8.50. The van der Waals surface area contributed by atoms with Gasteiger partial charge < -0.3 is 20.7 Å². The standard InChI is InChI=1S/C21H29N5O.HI/c1-4-17-6-5-7-19(10-17)25-21(22)24-12-18-8-9-20(23-11-18)26-13-15(2)27-16(3)14-26;/h5-11,15-16H,4,12-14H2,1-3H3,(H3,22,24,25);1H. The van der Waals surface area contributed by atoms with Crippen molar-refractivity contribution in [3.8, 4) is 0 Å². The Bertz CT molecular complexity index is 771. The van der Waals surface area contributed by atoms with Crippen LogP contribution in [-0.2, 0) is 17.7 Å². The van der Waals surface area contributed by atoms with Crippen molar-refractivity contribution in [3.63, 3.8) is 0 Å². The molecule has 1 saturated heterocycles. The van der Waals surface area contributed by atoms with E-state index in [1.807, 2.05) is 24.4 Å². The molecule has 1 aliphatic heterocycles. The fourth-order valence-electron chi connectivity index (χ4n) is 3.30. The molecule has 6 nitrogen and oxygen atoms in total. The minimum Gasteiger partial charge on any atom is -0.372 e. The van der Waals surface area contributed by atoms with Crippen LogP contribution in [0.25, 0.3) is 0 Å². The number of nitrogens with one attached hydrogen (secondary N) is 1. The quantitative estimate of drug-likeness (QED) is 0.375. The number of anilines is 2. The van der Waals surface area contributed by atoms with Crippen molar-refractivity contribution >= 4 is 41.4 Å². The molecule has 2 aromatic rings. The van der Waals surface area contributed by atoms with Crippen LogP contribution in [0.3, 0.4) is 0 Å². The summed E-state index contributed by atoms with van der Waals surface area (Å²) in [6, 6.07) is 12.3.